The van der Waals surface area contributed by atoms with Gasteiger partial charge >= 0.3 is 0 Å². The van der Waals surface area contributed by atoms with Gasteiger partial charge in [0.1, 0.15) is 10.6 Å². The number of anilines is 1. The lowest BCUT2D eigenvalue weighted by Gasteiger charge is -2.10. The average Bonchev–Trinajstić information content (AvgIpc) is 3.20. The van der Waals surface area contributed by atoms with Gasteiger partial charge in [-0.05, 0) is 43.4 Å². The molecule has 1 N–H and O–H groups in total. The molecule has 24 heavy (non-hydrogen) atoms. The normalized spacial score (nSPS) is 13.4. The number of hydrogen-bond donors (Lipinski definition) is 1. The maximum absolute atomic E-state index is 5.14. The van der Waals surface area contributed by atoms with Crippen LogP contribution in [-0.4, -0.2) is 35.2 Å². The zero-order valence-corrected chi connectivity index (χ0v) is 14.5. The highest BCUT2D eigenvalue weighted by Gasteiger charge is 2.22. The van der Waals surface area contributed by atoms with Crippen molar-refractivity contribution in [1.29, 1.82) is 0 Å². The molecule has 124 valence electrons. The van der Waals surface area contributed by atoms with Crippen molar-refractivity contribution >= 4 is 27.4 Å². The van der Waals surface area contributed by atoms with E-state index in [0.717, 1.165) is 48.0 Å². The molecule has 0 saturated heterocycles. The zero-order chi connectivity index (χ0) is 16.4. The van der Waals surface area contributed by atoms with E-state index in [4.69, 9.17) is 14.7 Å². The molecule has 6 heteroatoms. The van der Waals surface area contributed by atoms with Gasteiger partial charge in [-0.3, -0.25) is 4.98 Å². The van der Waals surface area contributed by atoms with E-state index in [1.54, 1.807) is 13.3 Å². The minimum absolute atomic E-state index is 0.741. The predicted molar refractivity (Wildman–Crippen MR) is 97.7 cm³/mol. The van der Waals surface area contributed by atoms with Crippen LogP contribution in [0.15, 0.2) is 24.5 Å². The fraction of sp³-hybridized carbons (Fsp3) is 0.389. The maximum atomic E-state index is 5.14. The van der Waals surface area contributed by atoms with E-state index < -0.39 is 0 Å². The molecular weight excluding hydrogens is 320 g/mol. The molecule has 0 unspecified atom stereocenters. The number of aromatic nitrogens is 3. The van der Waals surface area contributed by atoms with Crippen molar-refractivity contribution in [1.82, 2.24) is 15.0 Å². The molecule has 0 amide bonds. The molecule has 1 aliphatic rings. The molecule has 4 rings (SSSR count). The SMILES string of the molecule is COCCCNc1nc(-c2cccnc2)nc2sc3c(c12)CCC3. The number of ether oxygens (including phenoxy) is 1. The van der Waals surface area contributed by atoms with Gasteiger partial charge in [0, 0.05) is 43.1 Å². The summed E-state index contributed by atoms with van der Waals surface area (Å²) in [5.41, 5.74) is 2.40. The Labute approximate surface area is 145 Å². The lowest BCUT2D eigenvalue weighted by Crippen LogP contribution is -2.08. The molecule has 0 saturated carbocycles. The first-order valence-electron chi connectivity index (χ1n) is 8.32. The fourth-order valence-electron chi connectivity index (χ4n) is 3.17. The number of fused-ring (bicyclic) bond motifs is 3. The van der Waals surface area contributed by atoms with E-state index in [1.165, 1.54) is 28.7 Å². The number of methoxy groups -OCH3 is 1. The average molecular weight is 340 g/mol. The highest BCUT2D eigenvalue weighted by molar-refractivity contribution is 7.19. The first-order chi connectivity index (χ1) is 11.9. The van der Waals surface area contributed by atoms with Gasteiger partial charge in [-0.2, -0.15) is 0 Å². The van der Waals surface area contributed by atoms with Gasteiger partial charge in [0.25, 0.3) is 0 Å². The summed E-state index contributed by atoms with van der Waals surface area (Å²) >= 11 is 1.82. The van der Waals surface area contributed by atoms with E-state index >= 15 is 0 Å². The number of nitrogens with zero attached hydrogens (tertiary/aromatic N) is 3. The Morgan fingerprint density at radius 2 is 2.25 bits per heavy atom. The molecule has 0 aliphatic heterocycles. The molecule has 0 aromatic carbocycles. The van der Waals surface area contributed by atoms with Crippen molar-refractivity contribution in [3.63, 3.8) is 0 Å². The summed E-state index contributed by atoms with van der Waals surface area (Å²) in [6, 6.07) is 3.92. The van der Waals surface area contributed by atoms with E-state index in [9.17, 15) is 0 Å². The third-order valence-corrected chi connectivity index (χ3v) is 5.49. The summed E-state index contributed by atoms with van der Waals surface area (Å²) in [4.78, 5) is 16.4. The predicted octanol–water partition coefficient (Wildman–Crippen LogP) is 3.69. The third kappa shape index (κ3) is 2.87. The molecule has 0 bridgehead atoms. The van der Waals surface area contributed by atoms with Crippen molar-refractivity contribution in [2.75, 3.05) is 25.6 Å². The number of nitrogens with one attached hydrogen (secondary N) is 1. The Hall–Kier alpha value is -2.05. The van der Waals surface area contributed by atoms with Gasteiger partial charge in [0.15, 0.2) is 5.82 Å². The van der Waals surface area contributed by atoms with Crippen molar-refractivity contribution in [2.24, 2.45) is 0 Å². The van der Waals surface area contributed by atoms with Crippen LogP contribution in [0.4, 0.5) is 5.82 Å². The Balaban J connectivity index is 1.77. The zero-order valence-electron chi connectivity index (χ0n) is 13.7. The summed E-state index contributed by atoms with van der Waals surface area (Å²) in [5, 5.41) is 4.72. The first kappa shape index (κ1) is 15.5. The van der Waals surface area contributed by atoms with Crippen LogP contribution < -0.4 is 5.32 Å². The molecule has 0 fully saturated rings. The number of hydrogen-bond acceptors (Lipinski definition) is 6. The highest BCUT2D eigenvalue weighted by Crippen LogP contribution is 2.40. The number of aryl methyl sites for hydroxylation is 2. The van der Waals surface area contributed by atoms with Gasteiger partial charge < -0.3 is 10.1 Å². The fourth-order valence-corrected chi connectivity index (χ4v) is 4.43. The van der Waals surface area contributed by atoms with E-state index in [1.807, 2.05) is 29.7 Å². The molecule has 3 aromatic rings. The molecular formula is C18H20N4OS. The molecule has 0 spiro atoms. The molecule has 3 heterocycles. The van der Waals surface area contributed by atoms with Gasteiger partial charge in [0.05, 0.1) is 5.39 Å². The lowest BCUT2D eigenvalue weighted by molar-refractivity contribution is 0.198. The first-order valence-corrected chi connectivity index (χ1v) is 9.14. The Kier molecular flexibility index (Phi) is 4.40. The van der Waals surface area contributed by atoms with Crippen molar-refractivity contribution in [2.45, 2.75) is 25.7 Å². The number of pyridine rings is 1. The van der Waals surface area contributed by atoms with Crippen molar-refractivity contribution in [3.05, 3.63) is 35.0 Å². The molecule has 1 aliphatic carbocycles. The highest BCUT2D eigenvalue weighted by atomic mass is 32.1. The van der Waals surface area contributed by atoms with Gasteiger partial charge in [0.2, 0.25) is 0 Å². The molecule has 0 atom stereocenters. The van der Waals surface area contributed by atoms with Crippen molar-refractivity contribution < 1.29 is 4.74 Å². The largest absolute Gasteiger partial charge is 0.385 e. The third-order valence-electron chi connectivity index (χ3n) is 4.30. The van der Waals surface area contributed by atoms with Crippen LogP contribution in [0.25, 0.3) is 21.6 Å². The van der Waals surface area contributed by atoms with Crippen molar-refractivity contribution in [3.8, 4) is 11.4 Å². The number of thiophene rings is 1. The standard InChI is InChI=1S/C18H20N4OS/c1-23-10-4-9-20-17-15-13-6-2-7-14(13)24-18(15)22-16(21-17)12-5-3-8-19-11-12/h3,5,8,11H,2,4,6-7,9-10H2,1H3,(H,20,21,22). The second-order valence-electron chi connectivity index (χ2n) is 5.95. The van der Waals surface area contributed by atoms with Crippen LogP contribution in [0.3, 0.4) is 0 Å². The van der Waals surface area contributed by atoms with Crippen LogP contribution in [0.1, 0.15) is 23.3 Å². The summed E-state index contributed by atoms with van der Waals surface area (Å²) < 4.78 is 5.14. The monoisotopic (exact) mass is 340 g/mol. The molecule has 0 radical (unpaired) electrons. The van der Waals surface area contributed by atoms with Gasteiger partial charge in [-0.1, -0.05) is 0 Å². The summed E-state index contributed by atoms with van der Waals surface area (Å²) in [6.45, 7) is 1.59. The van der Waals surface area contributed by atoms with E-state index in [0.29, 0.717) is 0 Å². The van der Waals surface area contributed by atoms with Crippen LogP contribution in [-0.2, 0) is 17.6 Å². The Bertz CT molecular complexity index is 847. The summed E-state index contributed by atoms with van der Waals surface area (Å²) in [6.07, 6.45) is 8.09. The van der Waals surface area contributed by atoms with E-state index in [-0.39, 0.29) is 0 Å². The van der Waals surface area contributed by atoms with Crippen LogP contribution in [0.5, 0.6) is 0 Å². The van der Waals surface area contributed by atoms with Gasteiger partial charge in [-0.15, -0.1) is 11.3 Å². The number of rotatable bonds is 6. The molecule has 5 nitrogen and oxygen atoms in total. The van der Waals surface area contributed by atoms with E-state index in [2.05, 4.69) is 10.3 Å². The summed E-state index contributed by atoms with van der Waals surface area (Å²) in [5.74, 6) is 1.69. The minimum atomic E-state index is 0.741. The quantitative estimate of drug-likeness (QED) is 0.694. The second kappa shape index (κ2) is 6.83. The summed E-state index contributed by atoms with van der Waals surface area (Å²) in [7, 11) is 1.73. The molecule has 3 aromatic heterocycles. The van der Waals surface area contributed by atoms with Crippen LogP contribution >= 0.6 is 11.3 Å². The lowest BCUT2D eigenvalue weighted by atomic mass is 10.2. The topological polar surface area (TPSA) is 59.9 Å². The van der Waals surface area contributed by atoms with Crippen LogP contribution in [0, 0.1) is 0 Å². The maximum Gasteiger partial charge on any atom is 0.164 e. The van der Waals surface area contributed by atoms with Crippen LogP contribution in [0.2, 0.25) is 0 Å². The smallest absolute Gasteiger partial charge is 0.164 e. The minimum Gasteiger partial charge on any atom is -0.385 e. The van der Waals surface area contributed by atoms with Gasteiger partial charge in [-0.25, -0.2) is 9.97 Å². The second-order valence-corrected chi connectivity index (χ2v) is 7.03. The Morgan fingerprint density at radius 3 is 3.08 bits per heavy atom. The Morgan fingerprint density at radius 1 is 1.29 bits per heavy atom.